The minimum Gasteiger partial charge on any atom is -0.379 e. The summed E-state index contributed by atoms with van der Waals surface area (Å²) >= 11 is 0. The topological polar surface area (TPSA) is 67.2 Å². The highest BCUT2D eigenvalue weighted by Crippen LogP contribution is 2.18. The van der Waals surface area contributed by atoms with Crippen LogP contribution in [-0.2, 0) is 16.1 Å². The van der Waals surface area contributed by atoms with Crippen molar-refractivity contribution >= 4 is 5.82 Å². The lowest BCUT2D eigenvalue weighted by Crippen LogP contribution is -2.43. The maximum absolute atomic E-state index is 8.82. The molecule has 1 aromatic carbocycles. The van der Waals surface area contributed by atoms with Crippen LogP contribution in [0.25, 0.3) is 0 Å². The second-order valence-corrected chi connectivity index (χ2v) is 5.49. The van der Waals surface area contributed by atoms with Gasteiger partial charge >= 0.3 is 0 Å². The number of hydrogen-bond acceptors (Lipinski definition) is 5. The maximum atomic E-state index is 8.82. The fraction of sp³-hybridized carbons (Fsp3) is 0.333. The first-order chi connectivity index (χ1) is 11.3. The van der Waals surface area contributed by atoms with Crippen molar-refractivity contribution in [1.82, 2.24) is 4.98 Å². The Morgan fingerprint density at radius 3 is 2.87 bits per heavy atom. The zero-order valence-electron chi connectivity index (χ0n) is 12.8. The second-order valence-electron chi connectivity index (χ2n) is 5.49. The molecule has 0 aliphatic carbocycles. The molecule has 2 atom stereocenters. The first-order valence-electron chi connectivity index (χ1n) is 7.71. The number of rotatable bonds is 5. The summed E-state index contributed by atoms with van der Waals surface area (Å²) in [6, 6.07) is 15.9. The lowest BCUT2D eigenvalue weighted by molar-refractivity contribution is -0.0637. The lowest BCUT2D eigenvalue weighted by atomic mass is 10.1. The van der Waals surface area contributed by atoms with E-state index in [1.807, 2.05) is 36.4 Å². The number of nitrogens with one attached hydrogen (secondary N) is 1. The van der Waals surface area contributed by atoms with Crippen molar-refractivity contribution in [3.05, 3.63) is 59.8 Å². The van der Waals surface area contributed by atoms with Gasteiger partial charge in [-0.1, -0.05) is 30.3 Å². The quantitative estimate of drug-likeness (QED) is 0.920. The third kappa shape index (κ3) is 4.28. The van der Waals surface area contributed by atoms with Crippen molar-refractivity contribution in [3.8, 4) is 6.07 Å². The molecule has 1 aliphatic heterocycles. The molecule has 2 heterocycles. The number of benzene rings is 1. The summed E-state index contributed by atoms with van der Waals surface area (Å²) in [4.78, 5) is 4.27. The van der Waals surface area contributed by atoms with Crippen LogP contribution in [0.3, 0.4) is 0 Å². The van der Waals surface area contributed by atoms with Crippen LogP contribution < -0.4 is 5.32 Å². The molecule has 2 aromatic rings. The molecule has 5 heteroatoms. The first kappa shape index (κ1) is 15.5. The number of nitrogens with zero attached hydrogens (tertiary/aromatic N) is 2. The van der Waals surface area contributed by atoms with Gasteiger partial charge in [-0.15, -0.1) is 0 Å². The van der Waals surface area contributed by atoms with Crippen LogP contribution in [-0.4, -0.2) is 30.3 Å². The maximum Gasteiger partial charge on any atom is 0.126 e. The van der Waals surface area contributed by atoms with Gasteiger partial charge < -0.3 is 14.8 Å². The fourth-order valence-electron chi connectivity index (χ4n) is 2.55. The molecule has 23 heavy (non-hydrogen) atoms. The summed E-state index contributed by atoms with van der Waals surface area (Å²) in [7, 11) is 0. The van der Waals surface area contributed by atoms with Crippen molar-refractivity contribution in [2.24, 2.45) is 0 Å². The highest BCUT2D eigenvalue weighted by molar-refractivity contribution is 5.40. The van der Waals surface area contributed by atoms with E-state index < -0.39 is 0 Å². The summed E-state index contributed by atoms with van der Waals surface area (Å²) in [5.41, 5.74) is 1.70. The van der Waals surface area contributed by atoms with E-state index in [2.05, 4.69) is 16.4 Å². The van der Waals surface area contributed by atoms with E-state index in [9.17, 15) is 0 Å². The minimum atomic E-state index is -0.0265. The molecule has 0 amide bonds. The van der Waals surface area contributed by atoms with Gasteiger partial charge in [0, 0.05) is 12.8 Å². The lowest BCUT2D eigenvalue weighted by Gasteiger charge is -2.32. The van der Waals surface area contributed by atoms with Crippen LogP contribution in [0.4, 0.5) is 5.82 Å². The van der Waals surface area contributed by atoms with Gasteiger partial charge in [-0.25, -0.2) is 4.98 Å². The number of nitriles is 1. The van der Waals surface area contributed by atoms with Crippen molar-refractivity contribution in [2.45, 2.75) is 25.2 Å². The van der Waals surface area contributed by atoms with Crippen molar-refractivity contribution in [3.63, 3.8) is 0 Å². The van der Waals surface area contributed by atoms with Gasteiger partial charge in [0.05, 0.1) is 24.8 Å². The van der Waals surface area contributed by atoms with Crippen LogP contribution in [0.15, 0.2) is 48.7 Å². The van der Waals surface area contributed by atoms with E-state index in [-0.39, 0.29) is 12.1 Å². The molecular formula is C18H19N3O2. The van der Waals surface area contributed by atoms with Crippen LogP contribution in [0.2, 0.25) is 0 Å². The van der Waals surface area contributed by atoms with Crippen LogP contribution in [0.5, 0.6) is 0 Å². The Kier molecular flexibility index (Phi) is 5.20. The molecule has 0 spiro atoms. The first-order valence-corrected chi connectivity index (χ1v) is 7.71. The Hall–Kier alpha value is -2.42. The molecular weight excluding hydrogens is 290 g/mol. The van der Waals surface area contributed by atoms with Gasteiger partial charge in [0.15, 0.2) is 0 Å². The highest BCUT2D eigenvalue weighted by Gasteiger charge is 2.26. The number of pyridine rings is 1. The summed E-state index contributed by atoms with van der Waals surface area (Å²) in [6.45, 7) is 1.84. The highest BCUT2D eigenvalue weighted by atomic mass is 16.5. The molecule has 1 N–H and O–H groups in total. The number of aromatic nitrogens is 1. The number of hydrogen-bond donors (Lipinski definition) is 1. The van der Waals surface area contributed by atoms with Crippen LogP contribution in [0.1, 0.15) is 17.5 Å². The Balaban J connectivity index is 1.60. The van der Waals surface area contributed by atoms with E-state index in [0.29, 0.717) is 25.4 Å². The molecule has 1 aliphatic rings. The largest absolute Gasteiger partial charge is 0.379 e. The average molecular weight is 309 g/mol. The van der Waals surface area contributed by atoms with Crippen molar-refractivity contribution in [1.29, 1.82) is 5.26 Å². The van der Waals surface area contributed by atoms with Gasteiger partial charge in [-0.05, 0) is 24.1 Å². The summed E-state index contributed by atoms with van der Waals surface area (Å²) in [6.07, 6.45) is 2.41. The molecule has 0 bridgehead atoms. The van der Waals surface area contributed by atoms with Gasteiger partial charge in [0.25, 0.3) is 0 Å². The van der Waals surface area contributed by atoms with Crippen LogP contribution >= 0.6 is 0 Å². The second kappa shape index (κ2) is 7.73. The standard InChI is InChI=1S/C18H19N3O2/c19-10-15-6-7-18(20-11-15)21-16-8-9-22-13-17(16)23-12-14-4-2-1-3-5-14/h1-7,11,16-17H,8-9,12-13H2,(H,20,21)/t16-,17-/m1/s1. The summed E-state index contributed by atoms with van der Waals surface area (Å²) < 4.78 is 11.6. The van der Waals surface area contributed by atoms with E-state index in [4.69, 9.17) is 14.7 Å². The molecule has 5 nitrogen and oxygen atoms in total. The zero-order chi connectivity index (χ0) is 15.9. The monoisotopic (exact) mass is 309 g/mol. The van der Waals surface area contributed by atoms with E-state index in [1.165, 1.54) is 0 Å². The zero-order valence-corrected chi connectivity index (χ0v) is 12.8. The van der Waals surface area contributed by atoms with Crippen molar-refractivity contribution in [2.75, 3.05) is 18.5 Å². The number of ether oxygens (including phenoxy) is 2. The summed E-state index contributed by atoms with van der Waals surface area (Å²) in [5.74, 6) is 0.754. The molecule has 0 unspecified atom stereocenters. The molecule has 1 saturated heterocycles. The Morgan fingerprint density at radius 2 is 2.13 bits per heavy atom. The van der Waals surface area contributed by atoms with E-state index >= 15 is 0 Å². The smallest absolute Gasteiger partial charge is 0.126 e. The van der Waals surface area contributed by atoms with Gasteiger partial charge in [0.1, 0.15) is 18.0 Å². The van der Waals surface area contributed by atoms with Gasteiger partial charge in [0.2, 0.25) is 0 Å². The molecule has 3 rings (SSSR count). The Morgan fingerprint density at radius 1 is 1.26 bits per heavy atom. The molecule has 118 valence electrons. The SMILES string of the molecule is N#Cc1ccc(N[C@@H]2CCOC[C@H]2OCc2ccccc2)nc1. The summed E-state index contributed by atoms with van der Waals surface area (Å²) in [5, 5.41) is 12.2. The predicted octanol–water partition coefficient (Wildman–Crippen LogP) is 2.74. The average Bonchev–Trinajstić information content (AvgIpc) is 2.62. The number of anilines is 1. The molecule has 0 saturated carbocycles. The minimum absolute atomic E-state index is 0.0265. The Labute approximate surface area is 135 Å². The van der Waals surface area contributed by atoms with E-state index in [0.717, 1.165) is 17.8 Å². The van der Waals surface area contributed by atoms with Gasteiger partial charge in [-0.2, -0.15) is 5.26 Å². The van der Waals surface area contributed by atoms with Gasteiger partial charge in [-0.3, -0.25) is 0 Å². The predicted molar refractivity (Wildman–Crippen MR) is 86.8 cm³/mol. The Bertz CT molecular complexity index is 652. The van der Waals surface area contributed by atoms with Crippen molar-refractivity contribution < 1.29 is 9.47 Å². The molecule has 1 aromatic heterocycles. The normalized spacial score (nSPS) is 20.7. The van der Waals surface area contributed by atoms with E-state index in [1.54, 1.807) is 12.3 Å². The molecule has 1 fully saturated rings. The fourth-order valence-corrected chi connectivity index (χ4v) is 2.55. The molecule has 0 radical (unpaired) electrons. The third-order valence-electron chi connectivity index (χ3n) is 3.84. The third-order valence-corrected chi connectivity index (χ3v) is 3.84. The van der Waals surface area contributed by atoms with Crippen LogP contribution in [0, 0.1) is 11.3 Å².